The van der Waals surface area contributed by atoms with Crippen molar-refractivity contribution in [2.45, 2.75) is 6.61 Å². The third-order valence-corrected chi connectivity index (χ3v) is 3.46. The number of halogens is 3. The molecule has 0 aliphatic rings. The lowest BCUT2D eigenvalue weighted by Gasteiger charge is -2.07. The first-order valence-electron chi connectivity index (χ1n) is 4.97. The van der Waals surface area contributed by atoms with Gasteiger partial charge in [-0.1, -0.05) is 12.1 Å². The van der Waals surface area contributed by atoms with Crippen molar-refractivity contribution < 1.29 is 9.13 Å². The second-order valence-corrected chi connectivity index (χ2v) is 5.59. The zero-order valence-electron chi connectivity index (χ0n) is 8.79. The molecule has 0 aliphatic carbocycles. The van der Waals surface area contributed by atoms with Crippen LogP contribution in [0.5, 0.6) is 5.75 Å². The van der Waals surface area contributed by atoms with Gasteiger partial charge in [0.15, 0.2) is 0 Å². The zero-order chi connectivity index (χ0) is 12.3. The Hall–Kier alpha value is -0.620. The van der Waals surface area contributed by atoms with Gasteiger partial charge in [-0.25, -0.2) is 4.39 Å². The van der Waals surface area contributed by atoms with Crippen LogP contribution in [0, 0.1) is 9.39 Å². The van der Waals surface area contributed by atoms with Crippen molar-refractivity contribution in [3.8, 4) is 5.75 Å². The molecule has 88 valence electrons. The molecule has 0 amide bonds. The lowest BCUT2D eigenvalue weighted by molar-refractivity contribution is 0.306. The lowest BCUT2D eigenvalue weighted by Crippen LogP contribution is -1.96. The van der Waals surface area contributed by atoms with Crippen molar-refractivity contribution in [3.63, 3.8) is 0 Å². The van der Waals surface area contributed by atoms with Crippen molar-refractivity contribution in [1.29, 1.82) is 0 Å². The molecule has 0 atom stereocenters. The summed E-state index contributed by atoms with van der Waals surface area (Å²) in [5.74, 6) is 0.556. The molecule has 0 radical (unpaired) electrons. The molecule has 2 aromatic carbocycles. The van der Waals surface area contributed by atoms with Crippen molar-refractivity contribution in [2.24, 2.45) is 0 Å². The van der Waals surface area contributed by atoms with E-state index in [9.17, 15) is 4.39 Å². The predicted molar refractivity (Wildman–Crippen MR) is 77.6 cm³/mol. The molecule has 0 saturated heterocycles. The van der Waals surface area contributed by atoms with Gasteiger partial charge in [0.25, 0.3) is 0 Å². The van der Waals surface area contributed by atoms with Crippen LogP contribution in [0.3, 0.4) is 0 Å². The fourth-order valence-electron chi connectivity index (χ4n) is 1.35. The van der Waals surface area contributed by atoms with E-state index in [2.05, 4.69) is 38.5 Å². The Labute approximate surface area is 121 Å². The average Bonchev–Trinajstić information content (AvgIpc) is 2.31. The minimum absolute atomic E-state index is 0.261. The molecule has 0 fully saturated rings. The quantitative estimate of drug-likeness (QED) is 0.667. The van der Waals surface area contributed by atoms with Crippen LogP contribution in [-0.2, 0) is 6.61 Å². The van der Waals surface area contributed by atoms with E-state index >= 15 is 0 Å². The summed E-state index contributed by atoms with van der Waals surface area (Å²) in [5, 5.41) is 0. The molecule has 2 rings (SSSR count). The minimum atomic E-state index is -0.261. The Morgan fingerprint density at radius 1 is 1.18 bits per heavy atom. The predicted octanol–water partition coefficient (Wildman–Crippen LogP) is 4.77. The maximum Gasteiger partial charge on any atom is 0.137 e. The summed E-state index contributed by atoms with van der Waals surface area (Å²) >= 11 is 5.38. The Bertz CT molecular complexity index is 531. The zero-order valence-corrected chi connectivity index (χ0v) is 12.5. The van der Waals surface area contributed by atoms with Crippen LogP contribution >= 0.6 is 38.5 Å². The molecule has 0 heterocycles. The maximum atomic E-state index is 13.0. The van der Waals surface area contributed by atoms with Gasteiger partial charge in [-0.2, -0.15) is 0 Å². The lowest BCUT2D eigenvalue weighted by atomic mass is 10.2. The third-order valence-electron chi connectivity index (χ3n) is 2.19. The highest BCUT2D eigenvalue weighted by Crippen LogP contribution is 2.19. The molecule has 0 bridgehead atoms. The van der Waals surface area contributed by atoms with Crippen LogP contribution in [0.1, 0.15) is 5.56 Å². The summed E-state index contributed by atoms with van der Waals surface area (Å²) in [7, 11) is 0. The molecule has 0 aliphatic heterocycles. The second-order valence-electron chi connectivity index (χ2n) is 3.49. The summed E-state index contributed by atoms with van der Waals surface area (Å²) in [5.41, 5.74) is 0.928. The van der Waals surface area contributed by atoms with Crippen LogP contribution < -0.4 is 4.74 Å². The van der Waals surface area contributed by atoms with E-state index in [1.807, 2.05) is 24.3 Å². The van der Waals surface area contributed by atoms with E-state index < -0.39 is 0 Å². The summed E-state index contributed by atoms with van der Waals surface area (Å²) in [6.45, 7) is 0.430. The van der Waals surface area contributed by atoms with Crippen LogP contribution in [0.15, 0.2) is 46.9 Å². The average molecular weight is 407 g/mol. The van der Waals surface area contributed by atoms with Crippen LogP contribution in [0.2, 0.25) is 0 Å². The summed E-state index contributed by atoms with van der Waals surface area (Å²) in [6, 6.07) is 12.7. The van der Waals surface area contributed by atoms with Gasteiger partial charge in [0.05, 0.1) is 4.47 Å². The smallest absolute Gasteiger partial charge is 0.137 e. The number of hydrogen-bond acceptors (Lipinski definition) is 1. The SMILES string of the molecule is Fc1ccc(COc2cccc(I)c2)cc1Br. The van der Waals surface area contributed by atoms with E-state index in [1.54, 1.807) is 12.1 Å². The van der Waals surface area contributed by atoms with Gasteiger partial charge < -0.3 is 4.74 Å². The van der Waals surface area contributed by atoms with Gasteiger partial charge in [0, 0.05) is 3.57 Å². The first kappa shape index (κ1) is 12.8. The molecular weight excluding hydrogens is 398 g/mol. The topological polar surface area (TPSA) is 9.23 Å². The second kappa shape index (κ2) is 5.82. The first-order valence-corrected chi connectivity index (χ1v) is 6.84. The highest BCUT2D eigenvalue weighted by atomic mass is 127. The fourth-order valence-corrected chi connectivity index (χ4v) is 2.29. The minimum Gasteiger partial charge on any atom is -0.489 e. The summed E-state index contributed by atoms with van der Waals surface area (Å²) in [4.78, 5) is 0. The van der Waals surface area contributed by atoms with Crippen molar-refractivity contribution in [1.82, 2.24) is 0 Å². The van der Waals surface area contributed by atoms with Crippen LogP contribution in [0.4, 0.5) is 4.39 Å². The Morgan fingerprint density at radius 3 is 2.71 bits per heavy atom. The van der Waals surface area contributed by atoms with Gasteiger partial charge in [-0.05, 0) is 74.4 Å². The molecule has 4 heteroatoms. The van der Waals surface area contributed by atoms with Crippen molar-refractivity contribution >= 4 is 38.5 Å². The molecule has 0 spiro atoms. The van der Waals surface area contributed by atoms with Gasteiger partial charge in [-0.15, -0.1) is 0 Å². The molecule has 1 nitrogen and oxygen atoms in total. The van der Waals surface area contributed by atoms with Gasteiger partial charge >= 0.3 is 0 Å². The highest BCUT2D eigenvalue weighted by Gasteiger charge is 2.01. The molecule has 2 aromatic rings. The molecular formula is C13H9BrFIO. The summed E-state index contributed by atoms with van der Waals surface area (Å²) < 4.78 is 20.2. The monoisotopic (exact) mass is 406 g/mol. The van der Waals surface area contributed by atoms with E-state index in [1.165, 1.54) is 6.07 Å². The highest BCUT2D eigenvalue weighted by molar-refractivity contribution is 14.1. The Kier molecular flexibility index (Phi) is 4.39. The van der Waals surface area contributed by atoms with E-state index in [4.69, 9.17) is 4.74 Å². The number of hydrogen-bond donors (Lipinski definition) is 0. The Morgan fingerprint density at radius 2 is 2.00 bits per heavy atom. The third kappa shape index (κ3) is 3.67. The molecule has 0 N–H and O–H groups in total. The van der Waals surface area contributed by atoms with Crippen molar-refractivity contribution in [3.05, 3.63) is 61.9 Å². The van der Waals surface area contributed by atoms with Crippen LogP contribution in [0.25, 0.3) is 0 Å². The van der Waals surface area contributed by atoms with Gasteiger partial charge in [-0.3, -0.25) is 0 Å². The van der Waals surface area contributed by atoms with Crippen LogP contribution in [-0.4, -0.2) is 0 Å². The van der Waals surface area contributed by atoms with E-state index in [0.717, 1.165) is 14.9 Å². The van der Waals surface area contributed by atoms with E-state index in [-0.39, 0.29) is 5.82 Å². The number of rotatable bonds is 3. The largest absolute Gasteiger partial charge is 0.489 e. The first-order chi connectivity index (χ1) is 8.15. The fraction of sp³-hybridized carbons (Fsp3) is 0.0769. The van der Waals surface area contributed by atoms with Crippen molar-refractivity contribution in [2.75, 3.05) is 0 Å². The Balaban J connectivity index is 2.05. The molecule has 0 unspecified atom stereocenters. The summed E-state index contributed by atoms with van der Waals surface area (Å²) in [6.07, 6.45) is 0. The normalized spacial score (nSPS) is 10.3. The molecule has 0 aromatic heterocycles. The number of ether oxygens (including phenoxy) is 1. The van der Waals surface area contributed by atoms with Gasteiger partial charge in [0.2, 0.25) is 0 Å². The maximum absolute atomic E-state index is 13.0. The molecule has 0 saturated carbocycles. The standard InChI is InChI=1S/C13H9BrFIO/c14-12-6-9(4-5-13(12)15)8-17-11-3-1-2-10(16)7-11/h1-7H,8H2. The molecule has 17 heavy (non-hydrogen) atoms. The number of benzene rings is 2. The van der Waals surface area contributed by atoms with Gasteiger partial charge in [0.1, 0.15) is 18.2 Å². The van der Waals surface area contributed by atoms with E-state index in [0.29, 0.717) is 11.1 Å².